The number of nitrogen functional groups attached to an aromatic ring is 2. The van der Waals surface area contributed by atoms with Crippen molar-refractivity contribution in [1.82, 2.24) is 4.98 Å². The van der Waals surface area contributed by atoms with Crippen LogP contribution in [-0.4, -0.2) is 12.0 Å². The lowest BCUT2D eigenvalue weighted by Gasteiger charge is -2.19. The number of anilines is 3. The predicted molar refractivity (Wildman–Crippen MR) is 76.6 cm³/mol. The molecule has 0 amide bonds. The molecule has 4 N–H and O–H groups in total. The van der Waals surface area contributed by atoms with E-state index in [2.05, 4.69) is 4.98 Å². The molecule has 94 valence electrons. The van der Waals surface area contributed by atoms with E-state index in [0.29, 0.717) is 18.1 Å². The molecule has 0 saturated heterocycles. The summed E-state index contributed by atoms with van der Waals surface area (Å²) in [6.45, 7) is 0.705. The largest absolute Gasteiger partial charge is 0.396 e. The van der Waals surface area contributed by atoms with Crippen molar-refractivity contribution in [3.63, 3.8) is 0 Å². The zero-order valence-electron chi connectivity index (χ0n) is 10.1. The van der Waals surface area contributed by atoms with Gasteiger partial charge in [0.2, 0.25) is 0 Å². The van der Waals surface area contributed by atoms with E-state index in [1.54, 1.807) is 6.07 Å². The average Bonchev–Trinajstić information content (AvgIpc) is 2.32. The lowest BCUT2D eigenvalue weighted by Crippen LogP contribution is -2.18. The first-order valence-corrected chi connectivity index (χ1v) is 5.91. The van der Waals surface area contributed by atoms with Crippen LogP contribution in [0.5, 0.6) is 0 Å². The smallest absolute Gasteiger partial charge is 0.149 e. The number of rotatable bonds is 3. The fraction of sp³-hybridized carbons (Fsp3) is 0.154. The number of benzene rings is 1. The number of nitrogens with zero attached hydrogens (tertiary/aromatic N) is 2. The fourth-order valence-corrected chi connectivity index (χ4v) is 1.89. The van der Waals surface area contributed by atoms with Gasteiger partial charge in [0, 0.05) is 18.6 Å². The third-order valence-electron chi connectivity index (χ3n) is 2.64. The van der Waals surface area contributed by atoms with Gasteiger partial charge in [-0.2, -0.15) is 0 Å². The van der Waals surface area contributed by atoms with Crippen LogP contribution in [0.4, 0.5) is 17.3 Å². The Morgan fingerprint density at radius 1 is 1.22 bits per heavy atom. The lowest BCUT2D eigenvalue weighted by atomic mass is 10.2. The van der Waals surface area contributed by atoms with Crippen LogP contribution in [0.3, 0.4) is 0 Å². The SMILES string of the molecule is CN(Cc1cccc(Cl)c1)c1ccc(N)c(N)n1. The number of pyridine rings is 1. The highest BCUT2D eigenvalue weighted by Crippen LogP contribution is 2.19. The van der Waals surface area contributed by atoms with Gasteiger partial charge in [0.15, 0.2) is 0 Å². The molecule has 0 aliphatic rings. The second-order valence-electron chi connectivity index (χ2n) is 4.13. The van der Waals surface area contributed by atoms with E-state index in [4.69, 9.17) is 23.1 Å². The van der Waals surface area contributed by atoms with Crippen molar-refractivity contribution < 1.29 is 0 Å². The number of hydrogen-bond donors (Lipinski definition) is 2. The highest BCUT2D eigenvalue weighted by molar-refractivity contribution is 6.30. The molecule has 0 spiro atoms. The second-order valence-corrected chi connectivity index (χ2v) is 4.57. The van der Waals surface area contributed by atoms with Gasteiger partial charge >= 0.3 is 0 Å². The zero-order valence-corrected chi connectivity index (χ0v) is 10.9. The second kappa shape index (κ2) is 5.14. The molecule has 4 nitrogen and oxygen atoms in total. The van der Waals surface area contributed by atoms with Crippen molar-refractivity contribution in [1.29, 1.82) is 0 Å². The number of nitrogens with two attached hydrogens (primary N) is 2. The van der Waals surface area contributed by atoms with Crippen molar-refractivity contribution in [2.24, 2.45) is 0 Å². The summed E-state index contributed by atoms with van der Waals surface area (Å²) in [7, 11) is 1.94. The molecule has 0 bridgehead atoms. The van der Waals surface area contributed by atoms with Gasteiger partial charge in [-0.05, 0) is 29.8 Å². The maximum atomic E-state index is 5.95. The van der Waals surface area contributed by atoms with Gasteiger partial charge in [0.05, 0.1) is 5.69 Å². The molecule has 1 aromatic heterocycles. The molecular formula is C13H15ClN4. The molecule has 0 aliphatic carbocycles. The fourth-order valence-electron chi connectivity index (χ4n) is 1.68. The minimum atomic E-state index is 0.352. The summed E-state index contributed by atoms with van der Waals surface area (Å²) in [6, 6.07) is 11.3. The molecule has 1 heterocycles. The van der Waals surface area contributed by atoms with E-state index in [1.807, 2.05) is 42.3 Å². The minimum Gasteiger partial charge on any atom is -0.396 e. The van der Waals surface area contributed by atoms with E-state index < -0.39 is 0 Å². The first-order valence-electron chi connectivity index (χ1n) is 5.54. The summed E-state index contributed by atoms with van der Waals surface area (Å²) in [5.41, 5.74) is 12.9. The molecule has 0 saturated carbocycles. The summed E-state index contributed by atoms with van der Waals surface area (Å²) in [5, 5.41) is 0.727. The van der Waals surface area contributed by atoms with Crippen LogP contribution in [0.1, 0.15) is 5.56 Å². The highest BCUT2D eigenvalue weighted by atomic mass is 35.5. The molecule has 18 heavy (non-hydrogen) atoms. The zero-order chi connectivity index (χ0) is 13.1. The molecule has 0 aliphatic heterocycles. The topological polar surface area (TPSA) is 68.2 Å². The molecule has 5 heteroatoms. The van der Waals surface area contributed by atoms with Crippen LogP contribution in [-0.2, 0) is 6.54 Å². The van der Waals surface area contributed by atoms with E-state index in [1.165, 1.54) is 0 Å². The molecule has 2 aromatic rings. The maximum Gasteiger partial charge on any atom is 0.149 e. The van der Waals surface area contributed by atoms with E-state index in [9.17, 15) is 0 Å². The normalized spacial score (nSPS) is 10.3. The van der Waals surface area contributed by atoms with Gasteiger partial charge < -0.3 is 16.4 Å². The van der Waals surface area contributed by atoms with Gasteiger partial charge in [0.1, 0.15) is 11.6 Å². The Morgan fingerprint density at radius 2 is 2.00 bits per heavy atom. The number of hydrogen-bond acceptors (Lipinski definition) is 4. The van der Waals surface area contributed by atoms with Crippen molar-refractivity contribution in [2.75, 3.05) is 23.4 Å². The molecule has 1 aromatic carbocycles. The van der Waals surface area contributed by atoms with E-state index in [0.717, 1.165) is 16.4 Å². The molecule has 2 rings (SSSR count). The summed E-state index contributed by atoms with van der Waals surface area (Å²) in [4.78, 5) is 6.22. The van der Waals surface area contributed by atoms with Crippen LogP contribution in [0.15, 0.2) is 36.4 Å². The Labute approximate surface area is 111 Å². The summed E-state index contributed by atoms with van der Waals surface area (Å²) >= 11 is 5.95. The highest BCUT2D eigenvalue weighted by Gasteiger charge is 2.06. The van der Waals surface area contributed by atoms with E-state index >= 15 is 0 Å². The molecule has 0 atom stereocenters. The van der Waals surface area contributed by atoms with Crippen LogP contribution in [0.25, 0.3) is 0 Å². The van der Waals surface area contributed by atoms with Crippen LogP contribution in [0, 0.1) is 0 Å². The summed E-state index contributed by atoms with van der Waals surface area (Å²) in [6.07, 6.45) is 0. The molecule has 0 unspecified atom stereocenters. The van der Waals surface area contributed by atoms with Gasteiger partial charge in [-0.25, -0.2) is 4.98 Å². The molecular weight excluding hydrogens is 248 g/mol. The number of halogens is 1. The van der Waals surface area contributed by atoms with Gasteiger partial charge in [-0.1, -0.05) is 23.7 Å². The van der Waals surface area contributed by atoms with Crippen molar-refractivity contribution >= 4 is 28.9 Å². The van der Waals surface area contributed by atoms with Gasteiger partial charge in [0.25, 0.3) is 0 Å². The summed E-state index contributed by atoms with van der Waals surface area (Å²) in [5.74, 6) is 1.13. The first kappa shape index (κ1) is 12.5. The number of aromatic nitrogens is 1. The van der Waals surface area contributed by atoms with Crippen molar-refractivity contribution in [3.05, 3.63) is 47.0 Å². The summed E-state index contributed by atoms with van der Waals surface area (Å²) < 4.78 is 0. The van der Waals surface area contributed by atoms with Crippen LogP contribution >= 0.6 is 11.6 Å². The van der Waals surface area contributed by atoms with Crippen molar-refractivity contribution in [3.8, 4) is 0 Å². The third-order valence-corrected chi connectivity index (χ3v) is 2.88. The Hall–Kier alpha value is -1.94. The lowest BCUT2D eigenvalue weighted by molar-refractivity contribution is 0.900. The van der Waals surface area contributed by atoms with Crippen LogP contribution in [0.2, 0.25) is 5.02 Å². The van der Waals surface area contributed by atoms with E-state index in [-0.39, 0.29) is 0 Å². The standard InChI is InChI=1S/C13H15ClN4/c1-18(8-9-3-2-4-10(14)7-9)12-6-5-11(15)13(16)17-12/h2-7H,8,15H2,1H3,(H2,16,17). The van der Waals surface area contributed by atoms with Gasteiger partial charge in [-0.15, -0.1) is 0 Å². The van der Waals surface area contributed by atoms with Gasteiger partial charge in [-0.3, -0.25) is 0 Å². The average molecular weight is 263 g/mol. The Balaban J connectivity index is 2.16. The Morgan fingerprint density at radius 3 is 2.67 bits per heavy atom. The maximum absolute atomic E-state index is 5.95. The first-order chi connectivity index (χ1) is 8.56. The molecule has 0 radical (unpaired) electrons. The van der Waals surface area contributed by atoms with Crippen LogP contribution < -0.4 is 16.4 Å². The quantitative estimate of drug-likeness (QED) is 0.892. The van der Waals surface area contributed by atoms with Crippen molar-refractivity contribution in [2.45, 2.75) is 6.54 Å². The Kier molecular flexibility index (Phi) is 3.58. The Bertz CT molecular complexity index is 556. The minimum absolute atomic E-state index is 0.352. The molecule has 0 fully saturated rings. The third kappa shape index (κ3) is 2.84. The predicted octanol–water partition coefficient (Wildman–Crippen LogP) is 2.54. The monoisotopic (exact) mass is 262 g/mol.